The average molecular weight is 128 g/mol. The van der Waals surface area contributed by atoms with E-state index >= 15 is 0 Å². The van der Waals surface area contributed by atoms with Gasteiger partial charge in [-0.3, -0.25) is 0 Å². The summed E-state index contributed by atoms with van der Waals surface area (Å²) in [6, 6.07) is 0. The van der Waals surface area contributed by atoms with E-state index in [4.69, 9.17) is 0 Å². The summed E-state index contributed by atoms with van der Waals surface area (Å²) in [5.41, 5.74) is 0. The molecule has 0 aromatic heterocycles. The molecule has 3 atom stereocenters. The molecular formula is C7H12S. The van der Waals surface area contributed by atoms with Gasteiger partial charge in [0, 0.05) is 5.25 Å². The van der Waals surface area contributed by atoms with Crippen molar-refractivity contribution in [2.75, 3.05) is 5.75 Å². The minimum absolute atomic E-state index is 0.770. The van der Waals surface area contributed by atoms with Crippen LogP contribution in [0.1, 0.15) is 19.8 Å². The number of rotatable bonds is 0. The van der Waals surface area contributed by atoms with Crippen molar-refractivity contribution < 1.29 is 0 Å². The molecule has 0 radical (unpaired) electrons. The van der Waals surface area contributed by atoms with E-state index in [-0.39, 0.29) is 0 Å². The van der Waals surface area contributed by atoms with Crippen molar-refractivity contribution in [3.63, 3.8) is 0 Å². The smallest absolute Gasteiger partial charge is 0.00265 e. The molecule has 1 aliphatic heterocycles. The van der Waals surface area contributed by atoms with E-state index in [0.29, 0.717) is 0 Å². The van der Waals surface area contributed by atoms with Gasteiger partial charge < -0.3 is 0 Å². The fraction of sp³-hybridized carbons (Fsp3) is 0.857. The molecule has 0 bridgehead atoms. The molecule has 0 aromatic rings. The van der Waals surface area contributed by atoms with Crippen molar-refractivity contribution in [2.45, 2.75) is 25.0 Å². The van der Waals surface area contributed by atoms with Crippen molar-refractivity contribution in [3.8, 4) is 0 Å². The summed E-state index contributed by atoms with van der Waals surface area (Å²) in [5, 5.41) is 3.59. The number of fused-ring (bicyclic) bond motifs is 1. The minimum atomic E-state index is 0.770. The Morgan fingerprint density at radius 3 is 2.75 bits per heavy atom. The van der Waals surface area contributed by atoms with E-state index in [0.717, 1.165) is 10.5 Å². The minimum Gasteiger partial charge on any atom is -0.187 e. The highest BCUT2D eigenvalue weighted by molar-refractivity contribution is 8.16. The first-order valence-electron chi connectivity index (χ1n) is 3.40. The molecule has 0 amide bonds. The maximum absolute atomic E-state index is 2.43. The molecule has 0 spiro atoms. The molecule has 1 aliphatic carbocycles. The van der Waals surface area contributed by atoms with E-state index in [9.17, 15) is 0 Å². The Morgan fingerprint density at radius 1 is 1.62 bits per heavy atom. The van der Waals surface area contributed by atoms with Gasteiger partial charge in [-0.1, -0.05) is 5.37 Å². The van der Waals surface area contributed by atoms with Gasteiger partial charge in [0.1, 0.15) is 0 Å². The maximum Gasteiger partial charge on any atom is 0.00265 e. The summed E-state index contributed by atoms with van der Waals surface area (Å²) in [6.45, 7) is 2.23. The Bertz CT molecular complexity index is 137. The molecule has 1 saturated heterocycles. The lowest BCUT2D eigenvalue weighted by molar-refractivity contribution is 0.835. The van der Waals surface area contributed by atoms with Crippen LogP contribution in [-0.2, 0) is 0 Å². The SMILES string of the molecule is C/C=S1/CCC2CC21. The van der Waals surface area contributed by atoms with Gasteiger partial charge in [0.25, 0.3) is 0 Å². The predicted molar refractivity (Wildman–Crippen MR) is 40.7 cm³/mol. The van der Waals surface area contributed by atoms with Crippen molar-refractivity contribution in [1.29, 1.82) is 0 Å². The zero-order valence-corrected chi connectivity index (χ0v) is 6.08. The fourth-order valence-electron chi connectivity index (χ4n) is 1.63. The Kier molecular flexibility index (Phi) is 1.01. The Labute approximate surface area is 53.2 Å². The van der Waals surface area contributed by atoms with Crippen LogP contribution in [0.4, 0.5) is 0 Å². The van der Waals surface area contributed by atoms with Crippen molar-refractivity contribution >= 4 is 15.9 Å². The highest BCUT2D eigenvalue weighted by Crippen LogP contribution is 2.54. The summed E-state index contributed by atoms with van der Waals surface area (Å²) in [4.78, 5) is 0. The first-order valence-corrected chi connectivity index (χ1v) is 4.92. The van der Waals surface area contributed by atoms with Gasteiger partial charge in [-0.2, -0.15) is 10.5 Å². The van der Waals surface area contributed by atoms with Gasteiger partial charge in [-0.05, 0) is 31.4 Å². The lowest BCUT2D eigenvalue weighted by atomic mass is 10.3. The Morgan fingerprint density at radius 2 is 2.50 bits per heavy atom. The van der Waals surface area contributed by atoms with Crippen molar-refractivity contribution in [1.82, 2.24) is 0 Å². The Balaban J connectivity index is 2.17. The molecule has 2 rings (SSSR count). The molecule has 0 N–H and O–H groups in total. The van der Waals surface area contributed by atoms with Crippen LogP contribution >= 0.6 is 10.5 Å². The summed E-state index contributed by atoms with van der Waals surface area (Å²) in [7, 11) is 0.770. The lowest BCUT2D eigenvalue weighted by Gasteiger charge is -1.95. The van der Waals surface area contributed by atoms with Gasteiger partial charge in [0.15, 0.2) is 0 Å². The van der Waals surface area contributed by atoms with Crippen LogP contribution in [0.25, 0.3) is 0 Å². The summed E-state index contributed by atoms with van der Waals surface area (Å²) < 4.78 is 0. The van der Waals surface area contributed by atoms with E-state index in [1.807, 2.05) is 0 Å². The van der Waals surface area contributed by atoms with E-state index in [2.05, 4.69) is 12.3 Å². The molecule has 46 valence electrons. The van der Waals surface area contributed by atoms with Crippen molar-refractivity contribution in [3.05, 3.63) is 0 Å². The first kappa shape index (κ1) is 5.04. The van der Waals surface area contributed by atoms with Gasteiger partial charge >= 0.3 is 0 Å². The number of hydrogen-bond donors (Lipinski definition) is 0. The first-order chi connectivity index (χ1) is 3.92. The standard InChI is InChI=1S/C7H12S/c1-2-8-4-3-6-5-7(6)8/h2,6-7H,3-5H2,1H3. The Hall–Kier alpha value is 0.220. The zero-order chi connectivity index (χ0) is 5.56. The van der Waals surface area contributed by atoms with Gasteiger partial charge in [0.05, 0.1) is 0 Å². The summed E-state index contributed by atoms with van der Waals surface area (Å²) >= 11 is 0. The molecule has 8 heavy (non-hydrogen) atoms. The predicted octanol–water partition coefficient (Wildman–Crippen LogP) is 1.87. The third-order valence-electron chi connectivity index (χ3n) is 2.27. The van der Waals surface area contributed by atoms with Crippen LogP contribution < -0.4 is 0 Å². The van der Waals surface area contributed by atoms with E-state index in [1.54, 1.807) is 6.42 Å². The molecule has 1 heterocycles. The molecule has 2 fully saturated rings. The lowest BCUT2D eigenvalue weighted by Crippen LogP contribution is -1.77. The topological polar surface area (TPSA) is 0 Å². The van der Waals surface area contributed by atoms with Crippen molar-refractivity contribution in [2.24, 2.45) is 5.92 Å². The van der Waals surface area contributed by atoms with E-state index in [1.165, 1.54) is 23.3 Å². The van der Waals surface area contributed by atoms with Crippen LogP contribution in [-0.4, -0.2) is 16.4 Å². The van der Waals surface area contributed by atoms with Gasteiger partial charge in [-0.25, -0.2) is 0 Å². The second-order valence-electron chi connectivity index (χ2n) is 2.73. The van der Waals surface area contributed by atoms with Crippen LogP contribution in [0.15, 0.2) is 0 Å². The van der Waals surface area contributed by atoms with Gasteiger partial charge in [-0.15, -0.1) is 0 Å². The normalized spacial score (nSPS) is 51.9. The third kappa shape index (κ3) is 0.572. The number of hydrogen-bond acceptors (Lipinski definition) is 0. The molecule has 2 aliphatic rings. The van der Waals surface area contributed by atoms with Crippen LogP contribution in [0.3, 0.4) is 0 Å². The van der Waals surface area contributed by atoms with E-state index < -0.39 is 0 Å². The highest BCUT2D eigenvalue weighted by atomic mass is 32.2. The molecule has 1 heteroatoms. The van der Waals surface area contributed by atoms with Crippen LogP contribution in [0.5, 0.6) is 0 Å². The largest absolute Gasteiger partial charge is 0.187 e. The fourth-order valence-corrected chi connectivity index (χ4v) is 4.21. The second kappa shape index (κ2) is 1.60. The molecule has 3 unspecified atom stereocenters. The molecule has 0 nitrogen and oxygen atoms in total. The molecular weight excluding hydrogens is 116 g/mol. The second-order valence-corrected chi connectivity index (χ2v) is 5.16. The molecule has 1 saturated carbocycles. The summed E-state index contributed by atoms with van der Waals surface area (Å²) in [6.07, 6.45) is 3.10. The van der Waals surface area contributed by atoms with Crippen LogP contribution in [0, 0.1) is 5.92 Å². The quantitative estimate of drug-likeness (QED) is 0.437. The maximum atomic E-state index is 2.43. The summed E-state index contributed by atoms with van der Waals surface area (Å²) in [5.74, 6) is 2.70. The van der Waals surface area contributed by atoms with Crippen LogP contribution in [0.2, 0.25) is 0 Å². The monoisotopic (exact) mass is 128 g/mol. The zero-order valence-electron chi connectivity index (χ0n) is 5.26. The third-order valence-corrected chi connectivity index (χ3v) is 4.94. The average Bonchev–Trinajstić information content (AvgIpc) is 2.46. The van der Waals surface area contributed by atoms with Gasteiger partial charge in [0.2, 0.25) is 0 Å². The molecule has 0 aromatic carbocycles. The highest BCUT2D eigenvalue weighted by Gasteiger charge is 2.43.